The van der Waals surface area contributed by atoms with Crippen LogP contribution in [0.2, 0.25) is 0 Å². The molecule has 0 radical (unpaired) electrons. The molecule has 0 saturated heterocycles. The van der Waals surface area contributed by atoms with Gasteiger partial charge in [-0.15, -0.1) is 12.6 Å². The van der Waals surface area contributed by atoms with E-state index in [1.165, 1.54) is 6.07 Å². The van der Waals surface area contributed by atoms with Crippen LogP contribution in [0.25, 0.3) is 16.9 Å². The van der Waals surface area contributed by atoms with Gasteiger partial charge in [0.05, 0.1) is 37.0 Å². The second-order valence-electron chi connectivity index (χ2n) is 7.06. The van der Waals surface area contributed by atoms with E-state index in [1.807, 2.05) is 29.7 Å². The van der Waals surface area contributed by atoms with Gasteiger partial charge >= 0.3 is 0 Å². The number of hydrogen-bond acceptors (Lipinski definition) is 7. The van der Waals surface area contributed by atoms with E-state index >= 15 is 0 Å². The summed E-state index contributed by atoms with van der Waals surface area (Å²) in [5.41, 5.74) is 3.75. The Bertz CT molecular complexity index is 1050. The number of aryl methyl sites for hydroxylation is 1. The third kappa shape index (κ3) is 4.60. The Balaban J connectivity index is 2.15. The first kappa shape index (κ1) is 22.8. The minimum absolute atomic E-state index is 0.0202. The molecule has 2 aromatic carbocycles. The predicted octanol–water partition coefficient (Wildman–Crippen LogP) is 4.28. The number of rotatable bonds is 9. The summed E-state index contributed by atoms with van der Waals surface area (Å²) in [6.07, 6.45) is 2.30. The van der Waals surface area contributed by atoms with Crippen LogP contribution in [0.1, 0.15) is 19.4 Å². The lowest BCUT2D eigenvalue weighted by Gasteiger charge is -2.26. The lowest BCUT2D eigenvalue weighted by atomic mass is 10.0. The van der Waals surface area contributed by atoms with Crippen molar-refractivity contribution in [2.75, 3.05) is 38.8 Å². The average molecular weight is 444 g/mol. The molecule has 0 unspecified atom stereocenters. The summed E-state index contributed by atoms with van der Waals surface area (Å²) in [6.45, 7) is 6.13. The second-order valence-corrected chi connectivity index (χ2v) is 7.46. The number of anilines is 1. The van der Waals surface area contributed by atoms with Crippen molar-refractivity contribution in [2.45, 2.75) is 25.4 Å². The van der Waals surface area contributed by atoms with Gasteiger partial charge in [0.25, 0.3) is 0 Å². The van der Waals surface area contributed by atoms with E-state index < -0.39 is 0 Å². The van der Waals surface area contributed by atoms with Crippen molar-refractivity contribution in [1.29, 1.82) is 0 Å². The summed E-state index contributed by atoms with van der Waals surface area (Å²) >= 11 is 4.55. The number of methoxy groups -OCH3 is 2. The van der Waals surface area contributed by atoms with Crippen LogP contribution in [0.4, 0.5) is 5.69 Å². The molecule has 0 aliphatic heterocycles. The fraction of sp³-hybridized carbons (Fsp3) is 0.348. The maximum absolute atomic E-state index is 10.5. The number of ether oxygens (including phenoxy) is 2. The number of nitrogens with zero attached hydrogens (tertiary/aromatic N) is 3. The maximum atomic E-state index is 10.5. The topological polar surface area (TPSA) is 80.0 Å². The van der Waals surface area contributed by atoms with Gasteiger partial charge in [0, 0.05) is 31.8 Å². The van der Waals surface area contributed by atoms with Gasteiger partial charge in [0.2, 0.25) is 0 Å². The lowest BCUT2D eigenvalue weighted by molar-refractivity contribution is 0.205. The third-order valence-electron chi connectivity index (χ3n) is 5.31. The van der Waals surface area contributed by atoms with Crippen LogP contribution in [0, 0.1) is 0 Å². The Labute approximate surface area is 188 Å². The van der Waals surface area contributed by atoms with E-state index in [0.717, 1.165) is 35.8 Å². The summed E-state index contributed by atoms with van der Waals surface area (Å²) in [4.78, 5) is 6.54. The molecule has 0 aliphatic rings. The van der Waals surface area contributed by atoms with Gasteiger partial charge in [0.1, 0.15) is 17.2 Å². The SMILES string of the molecule is CCc1cc(-c2cnc(S)n2-c2ccc(OC)c(N(CC)CCOC)c2)c(O)cc1O. The van der Waals surface area contributed by atoms with Gasteiger partial charge in [-0.05, 0) is 43.2 Å². The maximum Gasteiger partial charge on any atom is 0.169 e. The van der Waals surface area contributed by atoms with Crippen LogP contribution in [-0.2, 0) is 11.2 Å². The number of thiol groups is 1. The molecular formula is C23H29N3O4S. The number of phenols is 2. The molecule has 0 saturated carbocycles. The molecular weight excluding hydrogens is 414 g/mol. The summed E-state index contributed by atoms with van der Waals surface area (Å²) < 4.78 is 12.7. The molecule has 2 N–H and O–H groups in total. The highest BCUT2D eigenvalue weighted by Crippen LogP contribution is 2.38. The fourth-order valence-electron chi connectivity index (χ4n) is 3.61. The predicted molar refractivity (Wildman–Crippen MR) is 125 cm³/mol. The molecule has 1 heterocycles. The van der Waals surface area contributed by atoms with Crippen LogP contribution in [0.3, 0.4) is 0 Å². The standard InChI is InChI=1S/C23H29N3O4S/c1-5-15-11-17(21(28)13-20(15)27)19-14-24-23(31)26(19)16-7-8-22(30-4)18(12-16)25(6-2)9-10-29-3/h7-8,11-14,27-28H,5-6,9-10H2,1-4H3,(H,24,31). The third-order valence-corrected chi connectivity index (χ3v) is 5.62. The van der Waals surface area contributed by atoms with Crippen molar-refractivity contribution in [3.63, 3.8) is 0 Å². The van der Waals surface area contributed by atoms with E-state index in [2.05, 4.69) is 29.4 Å². The Morgan fingerprint density at radius 2 is 1.87 bits per heavy atom. The van der Waals surface area contributed by atoms with E-state index in [1.54, 1.807) is 26.5 Å². The van der Waals surface area contributed by atoms with E-state index in [9.17, 15) is 10.2 Å². The van der Waals surface area contributed by atoms with Crippen LogP contribution in [-0.4, -0.2) is 53.7 Å². The molecule has 3 aromatic rings. The Morgan fingerprint density at radius 3 is 2.52 bits per heavy atom. The molecule has 7 nitrogen and oxygen atoms in total. The van der Waals surface area contributed by atoms with Crippen molar-refractivity contribution in [3.05, 3.63) is 42.1 Å². The van der Waals surface area contributed by atoms with E-state index in [-0.39, 0.29) is 11.5 Å². The Hall–Kier alpha value is -2.84. The van der Waals surface area contributed by atoms with E-state index in [0.29, 0.717) is 29.4 Å². The first-order valence-corrected chi connectivity index (χ1v) is 10.6. The highest BCUT2D eigenvalue weighted by molar-refractivity contribution is 7.80. The Morgan fingerprint density at radius 1 is 1.10 bits per heavy atom. The minimum atomic E-state index is -0.0202. The number of phenolic OH excluding ortho intramolecular Hbond substituents is 2. The summed E-state index contributed by atoms with van der Waals surface area (Å²) in [7, 11) is 3.33. The monoisotopic (exact) mass is 443 g/mol. The molecule has 31 heavy (non-hydrogen) atoms. The van der Waals surface area contributed by atoms with Crippen molar-refractivity contribution >= 4 is 18.3 Å². The minimum Gasteiger partial charge on any atom is -0.508 e. The number of imidazole rings is 1. The molecule has 0 spiro atoms. The van der Waals surface area contributed by atoms with Crippen molar-refractivity contribution in [1.82, 2.24) is 9.55 Å². The fourth-order valence-corrected chi connectivity index (χ4v) is 3.89. The van der Waals surface area contributed by atoms with Gasteiger partial charge in [-0.25, -0.2) is 4.98 Å². The molecule has 3 rings (SSSR count). The first-order chi connectivity index (χ1) is 14.9. The number of aromatic hydroxyl groups is 2. The number of likely N-dealkylation sites (N-methyl/N-ethyl adjacent to an activating group) is 1. The van der Waals surface area contributed by atoms with Gasteiger partial charge in [-0.3, -0.25) is 4.57 Å². The summed E-state index contributed by atoms with van der Waals surface area (Å²) in [5.74, 6) is 0.808. The molecule has 8 heteroatoms. The zero-order valence-corrected chi connectivity index (χ0v) is 19.2. The average Bonchev–Trinajstić information content (AvgIpc) is 3.15. The lowest BCUT2D eigenvalue weighted by Crippen LogP contribution is -2.27. The number of hydrogen-bond donors (Lipinski definition) is 3. The molecule has 0 fully saturated rings. The quantitative estimate of drug-likeness (QED) is 0.428. The van der Waals surface area contributed by atoms with Crippen molar-refractivity contribution < 1.29 is 19.7 Å². The van der Waals surface area contributed by atoms with Crippen molar-refractivity contribution in [2.24, 2.45) is 0 Å². The van der Waals surface area contributed by atoms with Gasteiger partial charge in [-0.1, -0.05) is 6.92 Å². The molecule has 0 bridgehead atoms. The van der Waals surface area contributed by atoms with Gasteiger partial charge < -0.3 is 24.6 Å². The molecule has 0 aliphatic carbocycles. The highest BCUT2D eigenvalue weighted by atomic mass is 32.1. The molecule has 0 atom stereocenters. The largest absolute Gasteiger partial charge is 0.508 e. The van der Waals surface area contributed by atoms with Gasteiger partial charge in [0.15, 0.2) is 5.16 Å². The molecule has 166 valence electrons. The van der Waals surface area contributed by atoms with Crippen molar-refractivity contribution in [3.8, 4) is 34.2 Å². The smallest absolute Gasteiger partial charge is 0.169 e. The summed E-state index contributed by atoms with van der Waals surface area (Å²) in [6, 6.07) is 9.00. The van der Waals surface area contributed by atoms with Crippen LogP contribution < -0.4 is 9.64 Å². The van der Waals surface area contributed by atoms with Crippen LogP contribution in [0.15, 0.2) is 41.7 Å². The van der Waals surface area contributed by atoms with Crippen LogP contribution in [0.5, 0.6) is 17.2 Å². The zero-order chi connectivity index (χ0) is 22.5. The second kappa shape index (κ2) is 9.98. The highest BCUT2D eigenvalue weighted by Gasteiger charge is 2.19. The van der Waals surface area contributed by atoms with Crippen LogP contribution >= 0.6 is 12.6 Å². The summed E-state index contributed by atoms with van der Waals surface area (Å²) in [5, 5.41) is 21.1. The number of benzene rings is 2. The molecule has 1 aromatic heterocycles. The Kier molecular flexibility index (Phi) is 7.35. The van der Waals surface area contributed by atoms with Gasteiger partial charge in [-0.2, -0.15) is 0 Å². The van der Waals surface area contributed by atoms with E-state index in [4.69, 9.17) is 9.47 Å². The zero-order valence-electron chi connectivity index (χ0n) is 18.3. The molecule has 0 amide bonds. The first-order valence-electron chi connectivity index (χ1n) is 10.2. The normalized spacial score (nSPS) is 11.0. The number of aromatic nitrogens is 2.